The summed E-state index contributed by atoms with van der Waals surface area (Å²) in [6.45, 7) is 6.70. The lowest BCUT2D eigenvalue weighted by Gasteiger charge is -2.01. The molecule has 0 bridgehead atoms. The summed E-state index contributed by atoms with van der Waals surface area (Å²) in [6.07, 6.45) is 1.53. The van der Waals surface area contributed by atoms with Crippen molar-refractivity contribution >= 4 is 27.5 Å². The minimum absolute atomic E-state index is 0.0770. The third-order valence-corrected chi connectivity index (χ3v) is 4.00. The van der Waals surface area contributed by atoms with E-state index >= 15 is 0 Å². The summed E-state index contributed by atoms with van der Waals surface area (Å²) in [5.74, 6) is -0.138. The first-order valence-corrected chi connectivity index (χ1v) is 6.68. The molecular weight excluding hydrogens is 250 g/mol. The molecule has 0 fully saturated rings. The summed E-state index contributed by atoms with van der Waals surface area (Å²) < 4.78 is 1.55. The molecule has 18 heavy (non-hydrogen) atoms. The standard InChI is InChI=1S/C12H15N3O2S/c1-4-13-10(16)9-7(3)8-11(18-9)14-6-15(5-2)12(8)17/h6H,4-5H2,1-3H3,(H,13,16). The quantitative estimate of drug-likeness (QED) is 0.915. The van der Waals surface area contributed by atoms with Gasteiger partial charge in [-0.2, -0.15) is 0 Å². The second kappa shape index (κ2) is 4.89. The Hall–Kier alpha value is -1.69. The van der Waals surface area contributed by atoms with Gasteiger partial charge in [0.2, 0.25) is 0 Å². The highest BCUT2D eigenvalue weighted by Crippen LogP contribution is 2.26. The maximum atomic E-state index is 12.2. The fourth-order valence-corrected chi connectivity index (χ4v) is 2.90. The second-order valence-corrected chi connectivity index (χ2v) is 4.93. The van der Waals surface area contributed by atoms with E-state index in [1.165, 1.54) is 17.7 Å². The van der Waals surface area contributed by atoms with Crippen LogP contribution >= 0.6 is 11.3 Å². The van der Waals surface area contributed by atoms with Gasteiger partial charge < -0.3 is 5.32 Å². The van der Waals surface area contributed by atoms with Crippen LogP contribution in [0.1, 0.15) is 29.1 Å². The van der Waals surface area contributed by atoms with Crippen molar-refractivity contribution in [3.63, 3.8) is 0 Å². The van der Waals surface area contributed by atoms with Crippen LogP contribution in [-0.2, 0) is 6.54 Å². The monoisotopic (exact) mass is 265 g/mol. The van der Waals surface area contributed by atoms with Crippen molar-refractivity contribution in [2.45, 2.75) is 27.3 Å². The molecule has 0 aliphatic heterocycles. The van der Waals surface area contributed by atoms with E-state index in [2.05, 4.69) is 10.3 Å². The Morgan fingerprint density at radius 2 is 2.22 bits per heavy atom. The minimum atomic E-state index is -0.138. The Bertz CT molecular complexity index is 657. The van der Waals surface area contributed by atoms with Crippen LogP contribution in [-0.4, -0.2) is 22.0 Å². The molecule has 6 heteroatoms. The second-order valence-electron chi connectivity index (χ2n) is 3.93. The van der Waals surface area contributed by atoms with Crippen molar-refractivity contribution in [3.05, 3.63) is 27.1 Å². The number of nitrogens with one attached hydrogen (secondary N) is 1. The predicted octanol–water partition coefficient (Wildman–Crippen LogP) is 1.54. The van der Waals surface area contributed by atoms with Gasteiger partial charge in [0.1, 0.15) is 4.83 Å². The molecule has 96 valence electrons. The maximum absolute atomic E-state index is 12.2. The van der Waals surface area contributed by atoms with Crippen molar-refractivity contribution < 1.29 is 4.79 Å². The van der Waals surface area contributed by atoms with E-state index < -0.39 is 0 Å². The zero-order valence-electron chi connectivity index (χ0n) is 10.6. The molecule has 0 aliphatic carbocycles. The van der Waals surface area contributed by atoms with Gasteiger partial charge in [-0.05, 0) is 26.3 Å². The van der Waals surface area contributed by atoms with Crippen molar-refractivity contribution in [1.29, 1.82) is 0 Å². The first-order valence-electron chi connectivity index (χ1n) is 5.86. The first-order chi connectivity index (χ1) is 8.60. The number of fused-ring (bicyclic) bond motifs is 1. The van der Waals surface area contributed by atoms with Crippen LogP contribution in [0, 0.1) is 6.92 Å². The van der Waals surface area contributed by atoms with Crippen molar-refractivity contribution in [2.24, 2.45) is 0 Å². The average molecular weight is 265 g/mol. The molecule has 0 spiro atoms. The number of amides is 1. The largest absolute Gasteiger partial charge is 0.352 e. The molecule has 1 N–H and O–H groups in total. The lowest BCUT2D eigenvalue weighted by molar-refractivity contribution is 0.0959. The van der Waals surface area contributed by atoms with Crippen LogP contribution in [0.5, 0.6) is 0 Å². The van der Waals surface area contributed by atoms with Gasteiger partial charge in [0.15, 0.2) is 0 Å². The highest BCUT2D eigenvalue weighted by atomic mass is 32.1. The summed E-state index contributed by atoms with van der Waals surface area (Å²) in [5, 5.41) is 3.31. The third kappa shape index (κ3) is 1.92. The van der Waals surface area contributed by atoms with E-state index in [1.807, 2.05) is 13.8 Å². The van der Waals surface area contributed by atoms with E-state index in [0.29, 0.717) is 28.2 Å². The van der Waals surface area contributed by atoms with Crippen LogP contribution < -0.4 is 10.9 Å². The van der Waals surface area contributed by atoms with Gasteiger partial charge in [-0.3, -0.25) is 14.2 Å². The van der Waals surface area contributed by atoms with E-state index in [0.717, 1.165) is 5.56 Å². The summed E-state index contributed by atoms with van der Waals surface area (Å²) >= 11 is 1.27. The van der Waals surface area contributed by atoms with Gasteiger partial charge in [0.05, 0.1) is 16.6 Å². The molecule has 1 amide bonds. The normalized spacial score (nSPS) is 10.8. The number of hydrogen-bond acceptors (Lipinski definition) is 4. The van der Waals surface area contributed by atoms with Gasteiger partial charge in [-0.15, -0.1) is 11.3 Å². The van der Waals surface area contributed by atoms with Gasteiger partial charge >= 0.3 is 0 Å². The smallest absolute Gasteiger partial charge is 0.262 e. The number of carbonyl (C=O) groups is 1. The number of carbonyl (C=O) groups excluding carboxylic acids is 1. The molecule has 0 atom stereocenters. The fraction of sp³-hybridized carbons (Fsp3) is 0.417. The molecular formula is C12H15N3O2S. The Morgan fingerprint density at radius 3 is 2.83 bits per heavy atom. The summed E-state index contributed by atoms with van der Waals surface area (Å²) in [4.78, 5) is 29.5. The number of aryl methyl sites for hydroxylation is 2. The lowest BCUT2D eigenvalue weighted by Crippen LogP contribution is -2.23. The molecule has 2 heterocycles. The topological polar surface area (TPSA) is 64.0 Å². The Balaban J connectivity index is 2.67. The highest BCUT2D eigenvalue weighted by Gasteiger charge is 2.18. The van der Waals surface area contributed by atoms with Gasteiger partial charge in [0, 0.05) is 13.1 Å². The number of hydrogen-bond donors (Lipinski definition) is 1. The zero-order valence-corrected chi connectivity index (χ0v) is 11.4. The Morgan fingerprint density at radius 1 is 1.50 bits per heavy atom. The maximum Gasteiger partial charge on any atom is 0.262 e. The highest BCUT2D eigenvalue weighted by molar-refractivity contribution is 7.20. The molecule has 0 aliphatic rings. The van der Waals surface area contributed by atoms with Crippen LogP contribution in [0.4, 0.5) is 0 Å². The van der Waals surface area contributed by atoms with Crippen LogP contribution in [0.3, 0.4) is 0 Å². The summed E-state index contributed by atoms with van der Waals surface area (Å²) in [5.41, 5.74) is 0.646. The molecule has 2 aromatic heterocycles. The molecule has 5 nitrogen and oxygen atoms in total. The van der Waals surface area contributed by atoms with E-state index in [9.17, 15) is 9.59 Å². The molecule has 0 saturated carbocycles. The van der Waals surface area contributed by atoms with Crippen molar-refractivity contribution in [2.75, 3.05) is 6.54 Å². The van der Waals surface area contributed by atoms with Crippen LogP contribution in [0.25, 0.3) is 10.2 Å². The molecule has 0 aromatic carbocycles. The van der Waals surface area contributed by atoms with Gasteiger partial charge in [-0.1, -0.05) is 0 Å². The van der Waals surface area contributed by atoms with Crippen molar-refractivity contribution in [3.8, 4) is 0 Å². The summed E-state index contributed by atoms with van der Waals surface area (Å²) in [7, 11) is 0. The third-order valence-electron chi connectivity index (χ3n) is 2.80. The minimum Gasteiger partial charge on any atom is -0.352 e. The van der Waals surface area contributed by atoms with E-state index in [4.69, 9.17) is 0 Å². The van der Waals surface area contributed by atoms with Crippen LogP contribution in [0.2, 0.25) is 0 Å². The predicted molar refractivity (Wildman–Crippen MR) is 72.3 cm³/mol. The molecule has 2 rings (SSSR count). The number of nitrogens with zero attached hydrogens (tertiary/aromatic N) is 2. The molecule has 0 unspecified atom stereocenters. The summed E-state index contributed by atoms with van der Waals surface area (Å²) in [6, 6.07) is 0. The zero-order chi connectivity index (χ0) is 13.3. The number of aromatic nitrogens is 2. The van der Waals surface area contributed by atoms with Gasteiger partial charge in [0.25, 0.3) is 11.5 Å². The van der Waals surface area contributed by atoms with E-state index in [1.54, 1.807) is 11.5 Å². The van der Waals surface area contributed by atoms with E-state index in [-0.39, 0.29) is 11.5 Å². The Kier molecular flexibility index (Phi) is 3.47. The lowest BCUT2D eigenvalue weighted by atomic mass is 10.2. The first kappa shape index (κ1) is 12.8. The molecule has 0 saturated heterocycles. The number of thiophene rings is 1. The average Bonchev–Trinajstić information content (AvgIpc) is 2.68. The number of rotatable bonds is 3. The molecule has 0 radical (unpaired) electrons. The van der Waals surface area contributed by atoms with Gasteiger partial charge in [-0.25, -0.2) is 4.98 Å². The SMILES string of the molecule is CCNC(=O)c1sc2ncn(CC)c(=O)c2c1C. The Labute approximate surface area is 108 Å². The van der Waals surface area contributed by atoms with Crippen LogP contribution in [0.15, 0.2) is 11.1 Å². The van der Waals surface area contributed by atoms with Crippen molar-refractivity contribution in [1.82, 2.24) is 14.9 Å². The fourth-order valence-electron chi connectivity index (χ4n) is 1.84. The molecule has 2 aromatic rings.